The first-order valence-electron chi connectivity index (χ1n) is 23.2. The maximum absolute atomic E-state index is 12.2. The van der Waals surface area contributed by atoms with Gasteiger partial charge in [0.2, 0.25) is 0 Å². The lowest BCUT2D eigenvalue weighted by molar-refractivity contribution is -0.161. The van der Waals surface area contributed by atoms with Crippen molar-refractivity contribution in [2.45, 2.75) is 238 Å². The van der Waals surface area contributed by atoms with Crippen molar-refractivity contribution in [3.63, 3.8) is 0 Å². The Bertz CT molecular complexity index is 904. The lowest BCUT2D eigenvalue weighted by Crippen LogP contribution is -2.28. The van der Waals surface area contributed by atoms with Crippen molar-refractivity contribution in [1.29, 1.82) is 0 Å². The minimum absolute atomic E-state index is 0.0623. The molecule has 54 heavy (non-hydrogen) atoms. The summed E-state index contributed by atoms with van der Waals surface area (Å²) in [5.74, 6) is -0.590. The van der Waals surface area contributed by atoms with E-state index in [0.29, 0.717) is 12.8 Å². The minimum Gasteiger partial charge on any atom is -0.462 e. The summed E-state index contributed by atoms with van der Waals surface area (Å²) in [5, 5.41) is 9.53. The van der Waals surface area contributed by atoms with Crippen LogP contribution in [0, 0.1) is 0 Å². The molecule has 0 saturated heterocycles. The van der Waals surface area contributed by atoms with Gasteiger partial charge in [-0.05, 0) is 51.4 Å². The van der Waals surface area contributed by atoms with Crippen LogP contribution < -0.4 is 0 Å². The van der Waals surface area contributed by atoms with Gasteiger partial charge >= 0.3 is 11.9 Å². The van der Waals surface area contributed by atoms with Crippen LogP contribution in [0.5, 0.6) is 0 Å². The van der Waals surface area contributed by atoms with Gasteiger partial charge < -0.3 is 14.6 Å². The Labute approximate surface area is 335 Å². The predicted molar refractivity (Wildman–Crippen MR) is 233 cm³/mol. The van der Waals surface area contributed by atoms with Gasteiger partial charge in [-0.15, -0.1) is 0 Å². The van der Waals surface area contributed by atoms with Crippen LogP contribution in [-0.2, 0) is 19.1 Å². The number of aliphatic hydroxyl groups is 1. The van der Waals surface area contributed by atoms with Crippen LogP contribution in [0.4, 0.5) is 0 Å². The quantitative estimate of drug-likeness (QED) is 0.0381. The number of ether oxygens (including phenoxy) is 2. The highest BCUT2D eigenvalue weighted by Crippen LogP contribution is 2.16. The number of hydrogen-bond acceptors (Lipinski definition) is 5. The van der Waals surface area contributed by atoms with Gasteiger partial charge in [0, 0.05) is 12.8 Å². The minimum atomic E-state index is -0.765. The van der Waals surface area contributed by atoms with Crippen molar-refractivity contribution >= 4 is 11.9 Å². The Hall–Kier alpha value is -2.14. The van der Waals surface area contributed by atoms with Gasteiger partial charge in [-0.2, -0.15) is 0 Å². The number of aliphatic hydroxyl groups excluding tert-OH is 1. The van der Waals surface area contributed by atoms with E-state index in [0.717, 1.165) is 64.2 Å². The van der Waals surface area contributed by atoms with E-state index in [4.69, 9.17) is 9.47 Å². The molecule has 1 unspecified atom stereocenters. The van der Waals surface area contributed by atoms with Crippen molar-refractivity contribution in [1.82, 2.24) is 0 Å². The van der Waals surface area contributed by atoms with Crippen molar-refractivity contribution in [2.75, 3.05) is 13.2 Å². The topological polar surface area (TPSA) is 72.8 Å². The summed E-state index contributed by atoms with van der Waals surface area (Å²) in [5.41, 5.74) is 0. The Morgan fingerprint density at radius 1 is 0.444 bits per heavy atom. The van der Waals surface area contributed by atoms with Crippen molar-refractivity contribution < 1.29 is 24.2 Å². The highest BCUT2D eigenvalue weighted by molar-refractivity contribution is 5.70. The molecule has 5 heteroatoms. The van der Waals surface area contributed by atoms with E-state index in [2.05, 4.69) is 62.5 Å². The Kier molecular flexibility index (Phi) is 43.5. The van der Waals surface area contributed by atoms with E-state index in [9.17, 15) is 14.7 Å². The molecule has 0 aliphatic rings. The molecule has 1 N–H and O–H groups in total. The third-order valence-electron chi connectivity index (χ3n) is 10.1. The zero-order chi connectivity index (χ0) is 39.3. The van der Waals surface area contributed by atoms with Crippen LogP contribution in [0.25, 0.3) is 0 Å². The second-order valence-electron chi connectivity index (χ2n) is 15.5. The molecule has 0 spiro atoms. The summed E-state index contributed by atoms with van der Waals surface area (Å²) in [6.07, 6.45) is 58.1. The fourth-order valence-corrected chi connectivity index (χ4v) is 6.66. The molecule has 5 nitrogen and oxygen atoms in total. The van der Waals surface area contributed by atoms with Gasteiger partial charge in [-0.1, -0.05) is 217 Å². The molecule has 0 aromatic heterocycles. The van der Waals surface area contributed by atoms with Gasteiger partial charge in [-0.3, -0.25) is 9.59 Å². The van der Waals surface area contributed by atoms with E-state index in [-0.39, 0.29) is 25.2 Å². The molecular weight excluding hydrogens is 669 g/mol. The predicted octanol–water partition coefficient (Wildman–Crippen LogP) is 15.0. The maximum Gasteiger partial charge on any atom is 0.306 e. The molecular formula is C49H88O5. The van der Waals surface area contributed by atoms with Gasteiger partial charge in [0.1, 0.15) is 6.61 Å². The van der Waals surface area contributed by atoms with Crippen LogP contribution in [0.15, 0.2) is 48.6 Å². The Balaban J connectivity index is 3.38. The van der Waals surface area contributed by atoms with Crippen molar-refractivity contribution in [3.05, 3.63) is 48.6 Å². The highest BCUT2D eigenvalue weighted by Gasteiger charge is 2.16. The first kappa shape index (κ1) is 51.9. The Morgan fingerprint density at radius 2 is 0.796 bits per heavy atom. The van der Waals surface area contributed by atoms with Gasteiger partial charge in [0.15, 0.2) is 6.10 Å². The largest absolute Gasteiger partial charge is 0.462 e. The second-order valence-corrected chi connectivity index (χ2v) is 15.5. The van der Waals surface area contributed by atoms with Crippen molar-refractivity contribution in [3.8, 4) is 0 Å². The monoisotopic (exact) mass is 757 g/mol. The number of rotatable bonds is 42. The van der Waals surface area contributed by atoms with Crippen LogP contribution in [0.3, 0.4) is 0 Å². The van der Waals surface area contributed by atoms with Gasteiger partial charge in [0.05, 0.1) is 6.61 Å². The number of unbranched alkanes of at least 4 members (excludes halogenated alkanes) is 26. The average Bonchev–Trinajstić information content (AvgIpc) is 3.17. The lowest BCUT2D eigenvalue weighted by atomic mass is 10.0. The molecule has 0 rings (SSSR count). The zero-order valence-electron chi connectivity index (χ0n) is 35.7. The Morgan fingerprint density at radius 3 is 1.20 bits per heavy atom. The summed E-state index contributed by atoms with van der Waals surface area (Å²) in [6.45, 7) is 3.99. The highest BCUT2D eigenvalue weighted by atomic mass is 16.6. The molecule has 0 amide bonds. The molecule has 0 saturated carbocycles. The smallest absolute Gasteiger partial charge is 0.306 e. The second kappa shape index (κ2) is 45.3. The lowest BCUT2D eigenvalue weighted by Gasteiger charge is -2.15. The molecule has 0 fully saturated rings. The number of carbonyl (C=O) groups is 2. The van der Waals surface area contributed by atoms with Crippen LogP contribution in [0.1, 0.15) is 232 Å². The van der Waals surface area contributed by atoms with E-state index in [1.54, 1.807) is 0 Å². The van der Waals surface area contributed by atoms with Crippen LogP contribution >= 0.6 is 0 Å². The molecule has 1 atom stereocenters. The molecule has 0 aliphatic heterocycles. The number of carbonyl (C=O) groups excluding carboxylic acids is 2. The number of esters is 2. The van der Waals surface area contributed by atoms with Gasteiger partial charge in [-0.25, -0.2) is 0 Å². The standard InChI is InChI=1S/C49H88O5/c1-3-5-7-9-11-12-13-14-15-16-17-18-19-20-21-22-23-24-25-26-27-28-29-30-31-32-33-34-35-36-38-40-42-44-49(52)54-47(45-50)46-53-48(51)43-41-39-37-10-8-6-4-2/h5,7,11-12,14-15,17-18,47,50H,3-4,6,8-10,13,16,19-46H2,1-2H3/b7-5-,12-11-,15-14-,18-17-. The van der Waals surface area contributed by atoms with Crippen LogP contribution in [-0.4, -0.2) is 36.4 Å². The first-order chi connectivity index (χ1) is 26.6. The summed E-state index contributed by atoms with van der Waals surface area (Å²) in [7, 11) is 0. The third-order valence-corrected chi connectivity index (χ3v) is 10.1. The van der Waals surface area contributed by atoms with E-state index < -0.39 is 6.10 Å². The molecule has 314 valence electrons. The zero-order valence-corrected chi connectivity index (χ0v) is 35.7. The van der Waals surface area contributed by atoms with Crippen LogP contribution in [0.2, 0.25) is 0 Å². The van der Waals surface area contributed by atoms with E-state index in [1.165, 1.54) is 141 Å². The number of allylic oxidation sites excluding steroid dienone is 8. The molecule has 0 heterocycles. The normalized spacial score (nSPS) is 12.6. The van der Waals surface area contributed by atoms with E-state index in [1.807, 2.05) is 0 Å². The molecule has 0 radical (unpaired) electrons. The fourth-order valence-electron chi connectivity index (χ4n) is 6.66. The summed E-state index contributed by atoms with van der Waals surface area (Å²) < 4.78 is 10.6. The maximum atomic E-state index is 12.2. The summed E-state index contributed by atoms with van der Waals surface area (Å²) >= 11 is 0. The molecule has 0 bridgehead atoms. The molecule has 0 aromatic rings. The third kappa shape index (κ3) is 42.6. The molecule has 0 aliphatic carbocycles. The fraction of sp³-hybridized carbons (Fsp3) is 0.796. The molecule has 0 aromatic carbocycles. The van der Waals surface area contributed by atoms with E-state index >= 15 is 0 Å². The average molecular weight is 757 g/mol. The summed E-state index contributed by atoms with van der Waals surface area (Å²) in [4.78, 5) is 24.1. The van der Waals surface area contributed by atoms with Crippen molar-refractivity contribution in [2.24, 2.45) is 0 Å². The number of hydrogen-bond donors (Lipinski definition) is 1. The summed E-state index contributed by atoms with van der Waals surface area (Å²) in [6, 6.07) is 0. The SMILES string of the molecule is CC/C=C\C/C=C\C/C=C\C/C=C\CCCCCCCCCCCCCCCCCCCCCCC(=O)OC(CO)COC(=O)CCCCCCCCC. The first-order valence-corrected chi connectivity index (χ1v) is 23.2. The van der Waals surface area contributed by atoms with Gasteiger partial charge in [0.25, 0.3) is 0 Å².